The fourth-order valence-electron chi connectivity index (χ4n) is 2.77. The van der Waals surface area contributed by atoms with E-state index in [9.17, 15) is 9.59 Å². The van der Waals surface area contributed by atoms with Crippen LogP contribution in [0, 0.1) is 17.8 Å². The van der Waals surface area contributed by atoms with Crippen molar-refractivity contribution in [1.82, 2.24) is 9.80 Å². The number of carbonyl (C=O) groups excluding carboxylic acids is 2. The summed E-state index contributed by atoms with van der Waals surface area (Å²) in [5.41, 5.74) is 0. The van der Waals surface area contributed by atoms with E-state index in [0.29, 0.717) is 12.5 Å². The molecule has 0 aromatic heterocycles. The maximum absolute atomic E-state index is 11.9. The van der Waals surface area contributed by atoms with E-state index in [0.717, 1.165) is 19.6 Å². The fraction of sp³-hybridized carbons (Fsp3) is 0.833. The molecule has 2 amide bonds. The van der Waals surface area contributed by atoms with Crippen LogP contribution in [0.2, 0.25) is 0 Å². The van der Waals surface area contributed by atoms with Gasteiger partial charge >= 0.3 is 0 Å². The van der Waals surface area contributed by atoms with Crippen molar-refractivity contribution in [3.05, 3.63) is 0 Å². The van der Waals surface area contributed by atoms with Crippen LogP contribution in [0.25, 0.3) is 0 Å². The lowest BCUT2D eigenvalue weighted by Gasteiger charge is -2.22. The van der Waals surface area contributed by atoms with E-state index in [2.05, 4.69) is 0 Å². The molecule has 4 nitrogen and oxygen atoms in total. The number of amides is 2. The largest absolute Gasteiger partial charge is 0.342 e. The third kappa shape index (κ3) is 1.70. The van der Waals surface area contributed by atoms with Crippen LogP contribution in [0.3, 0.4) is 0 Å². The van der Waals surface area contributed by atoms with Gasteiger partial charge in [-0.15, -0.1) is 0 Å². The minimum atomic E-state index is 0.0382. The van der Waals surface area contributed by atoms with Crippen molar-refractivity contribution in [3.63, 3.8) is 0 Å². The zero-order chi connectivity index (χ0) is 11.9. The summed E-state index contributed by atoms with van der Waals surface area (Å²) >= 11 is 0. The maximum atomic E-state index is 11.9. The zero-order valence-electron chi connectivity index (χ0n) is 10.3. The Morgan fingerprint density at radius 1 is 1.38 bits per heavy atom. The summed E-state index contributed by atoms with van der Waals surface area (Å²) in [6, 6.07) is 0. The summed E-state index contributed by atoms with van der Waals surface area (Å²) in [7, 11) is 0. The average molecular weight is 224 g/mol. The Labute approximate surface area is 96.6 Å². The van der Waals surface area contributed by atoms with Crippen molar-refractivity contribution in [2.75, 3.05) is 26.2 Å². The third-order valence-corrected chi connectivity index (χ3v) is 3.71. The van der Waals surface area contributed by atoms with Crippen molar-refractivity contribution in [2.24, 2.45) is 17.8 Å². The molecule has 0 aromatic rings. The van der Waals surface area contributed by atoms with Gasteiger partial charge in [0.25, 0.3) is 0 Å². The van der Waals surface area contributed by atoms with Crippen LogP contribution in [-0.4, -0.2) is 47.8 Å². The second-order valence-electron chi connectivity index (χ2n) is 5.14. The summed E-state index contributed by atoms with van der Waals surface area (Å²) in [5, 5.41) is 0. The minimum Gasteiger partial charge on any atom is -0.342 e. The van der Waals surface area contributed by atoms with Gasteiger partial charge in [-0.3, -0.25) is 9.59 Å². The first kappa shape index (κ1) is 11.4. The number of carbonyl (C=O) groups is 2. The molecule has 0 saturated carbocycles. The molecule has 0 bridgehead atoms. The van der Waals surface area contributed by atoms with Crippen LogP contribution < -0.4 is 0 Å². The van der Waals surface area contributed by atoms with Crippen molar-refractivity contribution >= 4 is 11.8 Å². The smallest absolute Gasteiger partial charge is 0.227 e. The SMILES string of the molecule is CCN1C[C@H]2CN(C(=O)C(C)C)C[C@H]2C1=O. The van der Waals surface area contributed by atoms with Gasteiger partial charge in [0.15, 0.2) is 0 Å². The first-order chi connectivity index (χ1) is 7.54. The molecule has 0 spiro atoms. The molecule has 0 N–H and O–H groups in total. The Morgan fingerprint density at radius 3 is 2.56 bits per heavy atom. The number of nitrogens with zero attached hydrogens (tertiary/aromatic N) is 2. The Hall–Kier alpha value is -1.06. The predicted molar refractivity (Wildman–Crippen MR) is 60.7 cm³/mol. The normalized spacial score (nSPS) is 29.1. The van der Waals surface area contributed by atoms with Crippen LogP contribution in [0.5, 0.6) is 0 Å². The van der Waals surface area contributed by atoms with E-state index in [1.807, 2.05) is 30.6 Å². The van der Waals surface area contributed by atoms with E-state index in [1.54, 1.807) is 0 Å². The van der Waals surface area contributed by atoms with Gasteiger partial charge in [-0.2, -0.15) is 0 Å². The lowest BCUT2D eigenvalue weighted by Crippen LogP contribution is -2.37. The molecule has 0 aromatic carbocycles. The van der Waals surface area contributed by atoms with Gasteiger partial charge in [0, 0.05) is 38.0 Å². The molecule has 4 heteroatoms. The molecule has 0 aliphatic carbocycles. The molecular weight excluding hydrogens is 204 g/mol. The third-order valence-electron chi connectivity index (χ3n) is 3.71. The Bertz CT molecular complexity index is 314. The maximum Gasteiger partial charge on any atom is 0.227 e. The van der Waals surface area contributed by atoms with Crippen molar-refractivity contribution in [1.29, 1.82) is 0 Å². The van der Waals surface area contributed by atoms with Gasteiger partial charge < -0.3 is 9.80 Å². The van der Waals surface area contributed by atoms with E-state index in [1.165, 1.54) is 0 Å². The highest BCUT2D eigenvalue weighted by Crippen LogP contribution is 2.32. The molecule has 2 fully saturated rings. The minimum absolute atomic E-state index is 0.0382. The summed E-state index contributed by atoms with van der Waals surface area (Å²) in [4.78, 5) is 27.6. The first-order valence-electron chi connectivity index (χ1n) is 6.12. The van der Waals surface area contributed by atoms with E-state index in [-0.39, 0.29) is 23.7 Å². The summed E-state index contributed by atoms with van der Waals surface area (Å²) in [6.45, 7) is 8.87. The molecule has 0 radical (unpaired) electrons. The Morgan fingerprint density at radius 2 is 2.06 bits per heavy atom. The number of hydrogen-bond acceptors (Lipinski definition) is 2. The second kappa shape index (κ2) is 4.07. The quantitative estimate of drug-likeness (QED) is 0.688. The van der Waals surface area contributed by atoms with E-state index >= 15 is 0 Å². The van der Waals surface area contributed by atoms with Crippen molar-refractivity contribution in [2.45, 2.75) is 20.8 Å². The Balaban J connectivity index is 2.02. The molecule has 2 rings (SSSR count). The molecule has 2 aliphatic rings. The molecule has 16 heavy (non-hydrogen) atoms. The molecule has 2 atom stereocenters. The number of hydrogen-bond donors (Lipinski definition) is 0. The van der Waals surface area contributed by atoms with Crippen molar-refractivity contribution in [3.8, 4) is 0 Å². The molecule has 2 heterocycles. The standard InChI is InChI=1S/C12H20N2O2/c1-4-13-5-9-6-14(11(15)8(2)3)7-10(9)12(13)16/h8-10H,4-7H2,1-3H3/t9-,10+/m0/s1. The number of likely N-dealkylation sites (tertiary alicyclic amines) is 2. The molecule has 0 unspecified atom stereocenters. The van der Waals surface area contributed by atoms with Crippen LogP contribution in [0.1, 0.15) is 20.8 Å². The monoisotopic (exact) mass is 224 g/mol. The van der Waals surface area contributed by atoms with E-state index < -0.39 is 0 Å². The Kier molecular flexibility index (Phi) is 2.91. The van der Waals surface area contributed by atoms with Crippen LogP contribution in [0.4, 0.5) is 0 Å². The predicted octanol–water partition coefficient (Wildman–Crippen LogP) is 0.579. The number of fused-ring (bicyclic) bond motifs is 1. The summed E-state index contributed by atoms with van der Waals surface area (Å²) in [5.74, 6) is 0.908. The molecule has 2 saturated heterocycles. The summed E-state index contributed by atoms with van der Waals surface area (Å²) in [6.07, 6.45) is 0. The van der Waals surface area contributed by atoms with Gasteiger partial charge in [0.2, 0.25) is 11.8 Å². The molecule has 2 aliphatic heterocycles. The van der Waals surface area contributed by atoms with Gasteiger partial charge in [-0.05, 0) is 6.92 Å². The highest BCUT2D eigenvalue weighted by Gasteiger charge is 2.46. The van der Waals surface area contributed by atoms with Crippen LogP contribution in [0.15, 0.2) is 0 Å². The van der Waals surface area contributed by atoms with Gasteiger partial charge in [0.1, 0.15) is 0 Å². The highest BCUT2D eigenvalue weighted by atomic mass is 16.2. The molecular formula is C12H20N2O2. The van der Waals surface area contributed by atoms with Crippen LogP contribution in [-0.2, 0) is 9.59 Å². The zero-order valence-corrected chi connectivity index (χ0v) is 10.3. The lowest BCUT2D eigenvalue weighted by molar-refractivity contribution is -0.135. The lowest BCUT2D eigenvalue weighted by atomic mass is 10.0. The average Bonchev–Trinajstić information content (AvgIpc) is 2.77. The first-order valence-corrected chi connectivity index (χ1v) is 6.12. The van der Waals surface area contributed by atoms with Gasteiger partial charge in [0.05, 0.1) is 5.92 Å². The van der Waals surface area contributed by atoms with E-state index in [4.69, 9.17) is 0 Å². The van der Waals surface area contributed by atoms with Crippen molar-refractivity contribution < 1.29 is 9.59 Å². The second-order valence-corrected chi connectivity index (χ2v) is 5.14. The summed E-state index contributed by atoms with van der Waals surface area (Å²) < 4.78 is 0. The topological polar surface area (TPSA) is 40.6 Å². The van der Waals surface area contributed by atoms with Gasteiger partial charge in [-0.1, -0.05) is 13.8 Å². The fourth-order valence-corrected chi connectivity index (χ4v) is 2.77. The van der Waals surface area contributed by atoms with Gasteiger partial charge in [-0.25, -0.2) is 0 Å². The highest BCUT2D eigenvalue weighted by molar-refractivity contribution is 5.85. The molecule has 90 valence electrons. The number of rotatable bonds is 2. The van der Waals surface area contributed by atoms with Crippen LogP contribution >= 0.6 is 0 Å².